The van der Waals surface area contributed by atoms with Gasteiger partial charge in [-0.15, -0.1) is 0 Å². The molecule has 6 nitrogen and oxygen atoms in total. The molecule has 0 bridgehead atoms. The number of hydrogen-bond acceptors (Lipinski definition) is 5. The first-order chi connectivity index (χ1) is 11.1. The van der Waals surface area contributed by atoms with E-state index in [0.717, 1.165) is 23.5 Å². The van der Waals surface area contributed by atoms with Crippen molar-refractivity contribution in [2.45, 2.75) is 38.1 Å². The molecule has 2 fully saturated rings. The maximum absolute atomic E-state index is 12.7. The van der Waals surface area contributed by atoms with Crippen LogP contribution < -0.4 is 21.1 Å². The number of carbonyl (C=O) groups is 2. The Morgan fingerprint density at radius 2 is 2.09 bits per heavy atom. The first-order valence-corrected chi connectivity index (χ1v) is 9.06. The molecule has 2 amide bonds. The van der Waals surface area contributed by atoms with Gasteiger partial charge in [0.05, 0.1) is 5.56 Å². The van der Waals surface area contributed by atoms with Crippen molar-refractivity contribution in [3.63, 3.8) is 0 Å². The molecule has 1 aromatic rings. The predicted octanol–water partition coefficient (Wildman–Crippen LogP) is 1.74. The summed E-state index contributed by atoms with van der Waals surface area (Å²) in [5, 5.41) is 7.24. The third-order valence-corrected chi connectivity index (χ3v) is 5.58. The van der Waals surface area contributed by atoms with Crippen LogP contribution >= 0.6 is 11.3 Å². The highest BCUT2D eigenvalue weighted by molar-refractivity contribution is 7.18. The number of hydrogen-bond donors (Lipinski definition) is 3. The maximum atomic E-state index is 12.7. The van der Waals surface area contributed by atoms with Gasteiger partial charge in [-0.2, -0.15) is 0 Å². The molecule has 23 heavy (non-hydrogen) atoms. The fourth-order valence-electron chi connectivity index (χ4n) is 2.79. The number of fused-ring (bicyclic) bond motifs is 1. The van der Waals surface area contributed by atoms with E-state index in [1.807, 2.05) is 0 Å². The van der Waals surface area contributed by atoms with E-state index < -0.39 is 0 Å². The highest BCUT2D eigenvalue weighted by Crippen LogP contribution is 2.43. The van der Waals surface area contributed by atoms with Gasteiger partial charge in [-0.05, 0) is 38.0 Å². The summed E-state index contributed by atoms with van der Waals surface area (Å²) in [6.45, 7) is 1.15. The molecule has 0 aromatic carbocycles. The Bertz CT molecular complexity index is 655. The zero-order valence-electron chi connectivity index (χ0n) is 12.9. The average molecular weight is 337 g/mol. The van der Waals surface area contributed by atoms with Crippen LogP contribution in [0.4, 0.5) is 5.00 Å². The van der Waals surface area contributed by atoms with Gasteiger partial charge < -0.3 is 21.1 Å². The minimum Gasteiger partial charge on any atom is -0.482 e. The lowest BCUT2D eigenvalue weighted by Crippen LogP contribution is -2.35. The SMILES string of the molecule is NC1COc2sc(NC(=O)C3CC3)c(C(=O)NCC3CC3)c2C1.[HH]. The molecule has 1 unspecified atom stereocenters. The van der Waals surface area contributed by atoms with E-state index in [4.69, 9.17) is 10.5 Å². The maximum Gasteiger partial charge on any atom is 0.254 e. The number of amides is 2. The normalized spacial score (nSPS) is 22.9. The lowest BCUT2D eigenvalue weighted by molar-refractivity contribution is -0.117. The van der Waals surface area contributed by atoms with Crippen LogP contribution in [0.3, 0.4) is 0 Å². The Morgan fingerprint density at radius 1 is 1.30 bits per heavy atom. The van der Waals surface area contributed by atoms with Gasteiger partial charge in [0.2, 0.25) is 5.91 Å². The summed E-state index contributed by atoms with van der Waals surface area (Å²) in [7, 11) is 0. The van der Waals surface area contributed by atoms with Crippen LogP contribution in [0.5, 0.6) is 5.06 Å². The van der Waals surface area contributed by atoms with E-state index in [0.29, 0.717) is 36.1 Å². The van der Waals surface area contributed by atoms with E-state index >= 15 is 0 Å². The van der Waals surface area contributed by atoms with Gasteiger partial charge in [0, 0.05) is 25.5 Å². The van der Waals surface area contributed by atoms with Crippen molar-refractivity contribution in [1.82, 2.24) is 5.32 Å². The molecule has 1 aromatic heterocycles. The highest BCUT2D eigenvalue weighted by Gasteiger charge is 2.34. The summed E-state index contributed by atoms with van der Waals surface area (Å²) >= 11 is 1.35. The molecule has 2 aliphatic carbocycles. The molecule has 4 N–H and O–H groups in total. The first kappa shape index (κ1) is 15.0. The molecule has 2 heterocycles. The number of carbonyl (C=O) groups excluding carboxylic acids is 2. The third-order valence-electron chi connectivity index (χ3n) is 4.52. The molecular formula is C16H23N3O3S. The first-order valence-electron chi connectivity index (χ1n) is 8.25. The standard InChI is InChI=1S/C16H21N3O3S.H2/c17-10-5-11-12(14(21)18-6-8-1-2-8)15(23-16(11)22-7-10)19-13(20)9-3-4-9;/h8-10H,1-7,17H2,(H,18,21)(H,19,20);1H. The summed E-state index contributed by atoms with van der Waals surface area (Å²) in [6.07, 6.45) is 4.84. The van der Waals surface area contributed by atoms with Crippen LogP contribution in [0.1, 0.15) is 43.0 Å². The van der Waals surface area contributed by atoms with Crippen molar-refractivity contribution in [3.05, 3.63) is 11.1 Å². The predicted molar refractivity (Wildman–Crippen MR) is 90.0 cm³/mol. The van der Waals surface area contributed by atoms with Crippen molar-refractivity contribution >= 4 is 28.2 Å². The minimum atomic E-state index is -0.127. The van der Waals surface area contributed by atoms with Gasteiger partial charge in [-0.25, -0.2) is 0 Å². The van der Waals surface area contributed by atoms with Gasteiger partial charge in [-0.3, -0.25) is 9.59 Å². The Balaban J connectivity index is 0.00000169. The summed E-state index contributed by atoms with van der Waals surface area (Å²) in [5.41, 5.74) is 7.37. The van der Waals surface area contributed by atoms with Gasteiger partial charge in [0.25, 0.3) is 5.91 Å². The van der Waals surface area contributed by atoms with Gasteiger partial charge in [0.1, 0.15) is 11.6 Å². The summed E-state index contributed by atoms with van der Waals surface area (Å²) < 4.78 is 5.67. The van der Waals surface area contributed by atoms with Crippen LogP contribution in [0.25, 0.3) is 0 Å². The van der Waals surface area contributed by atoms with Crippen LogP contribution in [-0.2, 0) is 11.2 Å². The van der Waals surface area contributed by atoms with E-state index in [2.05, 4.69) is 10.6 Å². The van der Waals surface area contributed by atoms with Crippen molar-refractivity contribution < 1.29 is 15.8 Å². The number of ether oxygens (including phenoxy) is 1. The smallest absolute Gasteiger partial charge is 0.254 e. The van der Waals surface area contributed by atoms with E-state index in [1.54, 1.807) is 0 Å². The van der Waals surface area contributed by atoms with Gasteiger partial charge >= 0.3 is 0 Å². The van der Waals surface area contributed by atoms with Crippen LogP contribution in [-0.4, -0.2) is 31.0 Å². The Kier molecular flexibility index (Phi) is 3.77. The summed E-state index contributed by atoms with van der Waals surface area (Å²) in [5.74, 6) is 0.582. The fourth-order valence-corrected chi connectivity index (χ4v) is 3.88. The topological polar surface area (TPSA) is 93.4 Å². The van der Waals surface area contributed by atoms with Crippen LogP contribution in [0.15, 0.2) is 0 Å². The largest absolute Gasteiger partial charge is 0.482 e. The Hall–Kier alpha value is -1.60. The number of rotatable bonds is 5. The van der Waals surface area contributed by atoms with E-state index in [9.17, 15) is 9.59 Å². The molecular weight excluding hydrogens is 314 g/mol. The number of thiophene rings is 1. The van der Waals surface area contributed by atoms with Crippen molar-refractivity contribution in [2.75, 3.05) is 18.5 Å². The second-order valence-electron chi connectivity index (χ2n) is 6.76. The lowest BCUT2D eigenvalue weighted by atomic mass is 10.0. The molecule has 0 spiro atoms. The van der Waals surface area contributed by atoms with Gasteiger partial charge in [0.15, 0.2) is 5.06 Å². The summed E-state index contributed by atoms with van der Waals surface area (Å²) in [4.78, 5) is 24.8. The molecule has 4 rings (SSSR count). The number of nitrogens with one attached hydrogen (secondary N) is 2. The van der Waals surface area contributed by atoms with Crippen LogP contribution in [0, 0.1) is 11.8 Å². The van der Waals surface area contributed by atoms with E-state index in [-0.39, 0.29) is 25.2 Å². The highest BCUT2D eigenvalue weighted by atomic mass is 32.1. The Labute approximate surface area is 140 Å². The van der Waals surface area contributed by atoms with Crippen molar-refractivity contribution in [2.24, 2.45) is 17.6 Å². The molecule has 0 radical (unpaired) electrons. The molecule has 0 saturated heterocycles. The molecule has 3 aliphatic rings. The second-order valence-corrected chi connectivity index (χ2v) is 7.75. The minimum absolute atomic E-state index is 0. The summed E-state index contributed by atoms with van der Waals surface area (Å²) in [6, 6.07) is -0.112. The molecule has 2 saturated carbocycles. The second kappa shape index (κ2) is 5.79. The van der Waals surface area contributed by atoms with Crippen LogP contribution in [0.2, 0.25) is 0 Å². The number of nitrogens with two attached hydrogens (primary N) is 1. The number of anilines is 1. The van der Waals surface area contributed by atoms with Crippen molar-refractivity contribution in [1.29, 1.82) is 0 Å². The lowest BCUT2D eigenvalue weighted by Gasteiger charge is -2.20. The molecule has 126 valence electrons. The zero-order valence-corrected chi connectivity index (χ0v) is 13.7. The average Bonchev–Trinajstić information content (AvgIpc) is 3.42. The van der Waals surface area contributed by atoms with Crippen molar-refractivity contribution in [3.8, 4) is 5.06 Å². The van der Waals surface area contributed by atoms with Gasteiger partial charge in [-0.1, -0.05) is 11.3 Å². The fraction of sp³-hybridized carbons (Fsp3) is 0.625. The quantitative estimate of drug-likeness (QED) is 0.763. The molecule has 7 heteroatoms. The monoisotopic (exact) mass is 337 g/mol. The van der Waals surface area contributed by atoms with E-state index in [1.165, 1.54) is 24.2 Å². The third kappa shape index (κ3) is 3.21. The zero-order chi connectivity index (χ0) is 16.0. The molecule has 1 atom stereocenters. The Morgan fingerprint density at radius 3 is 2.78 bits per heavy atom. The molecule has 1 aliphatic heterocycles.